The summed E-state index contributed by atoms with van der Waals surface area (Å²) in [4.78, 5) is 17.7. The Hall–Kier alpha value is -2.12. The number of anilines is 2. The van der Waals surface area contributed by atoms with E-state index in [2.05, 4.69) is 15.3 Å². The predicted molar refractivity (Wildman–Crippen MR) is 58.4 cm³/mol. The van der Waals surface area contributed by atoms with Gasteiger partial charge in [0.25, 0.3) is 0 Å². The molecule has 1 rings (SSSR count). The van der Waals surface area contributed by atoms with Crippen molar-refractivity contribution >= 4 is 17.5 Å². The van der Waals surface area contributed by atoms with E-state index in [0.717, 1.165) is 0 Å². The van der Waals surface area contributed by atoms with Gasteiger partial charge in [0.2, 0.25) is 11.8 Å². The number of aromatic nitrogens is 2. The summed E-state index contributed by atoms with van der Waals surface area (Å²) in [5.74, 6) is -0.171. The van der Waals surface area contributed by atoms with Gasteiger partial charge in [0.1, 0.15) is 0 Å². The van der Waals surface area contributed by atoms with Crippen molar-refractivity contribution < 1.29 is 9.66 Å². The third-order valence-corrected chi connectivity index (χ3v) is 1.64. The molecule has 0 spiro atoms. The average Bonchev–Trinajstić information content (AvgIpc) is 2.14. The van der Waals surface area contributed by atoms with Crippen LogP contribution in [0, 0.1) is 10.1 Å². The van der Waals surface area contributed by atoms with Gasteiger partial charge in [-0.2, -0.15) is 9.97 Å². The highest BCUT2D eigenvalue weighted by atomic mass is 16.6. The second-order valence-corrected chi connectivity index (χ2v) is 3.26. The van der Waals surface area contributed by atoms with Gasteiger partial charge in [0.05, 0.1) is 11.0 Å². The number of nitrogen functional groups attached to an aromatic ring is 1. The lowest BCUT2D eigenvalue weighted by molar-refractivity contribution is -0.385. The van der Waals surface area contributed by atoms with Crippen molar-refractivity contribution in [2.24, 2.45) is 0 Å². The fourth-order valence-electron chi connectivity index (χ4n) is 1.10. The Morgan fingerprint density at radius 2 is 2.12 bits per heavy atom. The first-order valence-electron chi connectivity index (χ1n) is 4.62. The number of nitrogens with zero attached hydrogens (tertiary/aromatic N) is 3. The van der Waals surface area contributed by atoms with Crippen molar-refractivity contribution in [1.29, 1.82) is 0 Å². The molecule has 0 aliphatic rings. The lowest BCUT2D eigenvalue weighted by Gasteiger charge is -2.10. The number of nitro groups is 1. The second kappa shape index (κ2) is 4.60. The van der Waals surface area contributed by atoms with E-state index in [-0.39, 0.29) is 29.4 Å². The number of nitrogens with two attached hydrogens (primary N) is 1. The molecule has 0 saturated heterocycles. The average molecular weight is 227 g/mol. The molecule has 0 bridgehead atoms. The van der Waals surface area contributed by atoms with Gasteiger partial charge in [0, 0.05) is 7.05 Å². The zero-order chi connectivity index (χ0) is 12.3. The number of ether oxygens (including phenoxy) is 1. The summed E-state index contributed by atoms with van der Waals surface area (Å²) in [7, 11) is 1.51. The van der Waals surface area contributed by atoms with E-state index < -0.39 is 4.92 Å². The molecule has 0 unspecified atom stereocenters. The summed E-state index contributed by atoms with van der Waals surface area (Å²) < 4.78 is 5.22. The first kappa shape index (κ1) is 12.0. The number of nitrogens with one attached hydrogen (secondary N) is 1. The zero-order valence-corrected chi connectivity index (χ0v) is 9.22. The molecule has 1 heterocycles. The minimum atomic E-state index is -0.608. The highest BCUT2D eigenvalue weighted by molar-refractivity contribution is 5.63. The first-order chi connectivity index (χ1) is 7.45. The van der Waals surface area contributed by atoms with Crippen molar-refractivity contribution in [2.45, 2.75) is 20.0 Å². The normalized spacial score (nSPS) is 10.2. The quantitative estimate of drug-likeness (QED) is 0.577. The Morgan fingerprint density at radius 1 is 1.50 bits per heavy atom. The predicted octanol–water partition coefficient (Wildman–Crippen LogP) is 0.796. The molecule has 0 radical (unpaired) electrons. The zero-order valence-electron chi connectivity index (χ0n) is 9.22. The standard InChI is InChI=1S/C8H13N5O3/c1-4(2)16-7-5(13(14)15)6(10-3)11-8(9)12-7/h4H,1-3H3,(H3,9,10,11,12). The Labute approximate surface area is 92.0 Å². The molecule has 16 heavy (non-hydrogen) atoms. The highest BCUT2D eigenvalue weighted by Crippen LogP contribution is 2.32. The SMILES string of the molecule is CNc1nc(N)nc(OC(C)C)c1[N+](=O)[O-]. The maximum Gasteiger partial charge on any atom is 0.372 e. The van der Waals surface area contributed by atoms with Gasteiger partial charge in [0.15, 0.2) is 0 Å². The van der Waals surface area contributed by atoms with E-state index >= 15 is 0 Å². The van der Waals surface area contributed by atoms with E-state index in [1.54, 1.807) is 13.8 Å². The minimum Gasteiger partial charge on any atom is -0.470 e. The van der Waals surface area contributed by atoms with Crippen LogP contribution >= 0.6 is 0 Å². The van der Waals surface area contributed by atoms with Crippen molar-refractivity contribution in [2.75, 3.05) is 18.1 Å². The van der Waals surface area contributed by atoms with Crippen LogP contribution in [-0.2, 0) is 0 Å². The van der Waals surface area contributed by atoms with Gasteiger partial charge >= 0.3 is 11.6 Å². The number of rotatable bonds is 4. The molecule has 0 aromatic carbocycles. The van der Waals surface area contributed by atoms with Crippen LogP contribution in [0.2, 0.25) is 0 Å². The summed E-state index contributed by atoms with van der Waals surface area (Å²) in [5.41, 5.74) is 5.10. The molecule has 0 amide bonds. The van der Waals surface area contributed by atoms with Crippen molar-refractivity contribution in [3.63, 3.8) is 0 Å². The Kier molecular flexibility index (Phi) is 3.44. The number of hydrogen-bond acceptors (Lipinski definition) is 7. The Balaban J connectivity index is 3.32. The summed E-state index contributed by atoms with van der Waals surface area (Å²) in [6.07, 6.45) is -0.238. The maximum atomic E-state index is 10.9. The summed E-state index contributed by atoms with van der Waals surface area (Å²) >= 11 is 0. The Morgan fingerprint density at radius 3 is 2.56 bits per heavy atom. The van der Waals surface area contributed by atoms with Crippen LogP contribution in [0.3, 0.4) is 0 Å². The highest BCUT2D eigenvalue weighted by Gasteiger charge is 2.25. The van der Waals surface area contributed by atoms with Crippen LogP contribution in [0.4, 0.5) is 17.5 Å². The molecule has 0 saturated carbocycles. The first-order valence-corrected chi connectivity index (χ1v) is 4.62. The van der Waals surface area contributed by atoms with Crippen LogP contribution in [0.25, 0.3) is 0 Å². The van der Waals surface area contributed by atoms with Gasteiger partial charge in [-0.3, -0.25) is 10.1 Å². The monoisotopic (exact) mass is 227 g/mol. The van der Waals surface area contributed by atoms with Gasteiger partial charge < -0.3 is 15.8 Å². The van der Waals surface area contributed by atoms with E-state index in [4.69, 9.17) is 10.5 Å². The van der Waals surface area contributed by atoms with E-state index in [0.29, 0.717) is 0 Å². The molecule has 3 N–H and O–H groups in total. The fraction of sp³-hybridized carbons (Fsp3) is 0.500. The van der Waals surface area contributed by atoms with Crippen molar-refractivity contribution in [1.82, 2.24) is 9.97 Å². The molecular weight excluding hydrogens is 214 g/mol. The number of hydrogen-bond donors (Lipinski definition) is 2. The summed E-state index contributed by atoms with van der Waals surface area (Å²) in [5, 5.41) is 13.4. The molecule has 88 valence electrons. The van der Waals surface area contributed by atoms with Crippen LogP contribution in [0.5, 0.6) is 5.88 Å². The largest absolute Gasteiger partial charge is 0.470 e. The van der Waals surface area contributed by atoms with E-state index in [1.807, 2.05) is 0 Å². The fourth-order valence-corrected chi connectivity index (χ4v) is 1.10. The molecule has 0 aliphatic heterocycles. The molecular formula is C8H13N5O3. The molecule has 0 fully saturated rings. The third-order valence-electron chi connectivity index (χ3n) is 1.64. The van der Waals surface area contributed by atoms with Crippen LogP contribution in [0.15, 0.2) is 0 Å². The summed E-state index contributed by atoms with van der Waals surface area (Å²) in [6, 6.07) is 0. The van der Waals surface area contributed by atoms with Crippen LogP contribution < -0.4 is 15.8 Å². The summed E-state index contributed by atoms with van der Waals surface area (Å²) in [6.45, 7) is 3.47. The lowest BCUT2D eigenvalue weighted by Crippen LogP contribution is -2.12. The molecule has 0 atom stereocenters. The molecule has 1 aromatic heterocycles. The van der Waals surface area contributed by atoms with Crippen LogP contribution in [-0.4, -0.2) is 28.0 Å². The minimum absolute atomic E-state index is 0.0353. The van der Waals surface area contributed by atoms with Gasteiger partial charge in [-0.1, -0.05) is 0 Å². The van der Waals surface area contributed by atoms with Crippen molar-refractivity contribution in [3.05, 3.63) is 10.1 Å². The van der Waals surface area contributed by atoms with Gasteiger partial charge in [-0.05, 0) is 13.8 Å². The molecule has 8 heteroatoms. The Bertz CT molecular complexity index is 407. The smallest absolute Gasteiger partial charge is 0.372 e. The third kappa shape index (κ3) is 2.47. The maximum absolute atomic E-state index is 10.9. The van der Waals surface area contributed by atoms with E-state index in [1.165, 1.54) is 7.05 Å². The molecule has 8 nitrogen and oxygen atoms in total. The molecule has 1 aromatic rings. The van der Waals surface area contributed by atoms with E-state index in [9.17, 15) is 10.1 Å². The topological polar surface area (TPSA) is 116 Å². The van der Waals surface area contributed by atoms with Gasteiger partial charge in [-0.25, -0.2) is 0 Å². The molecule has 0 aliphatic carbocycles. The van der Waals surface area contributed by atoms with Crippen molar-refractivity contribution in [3.8, 4) is 5.88 Å². The van der Waals surface area contributed by atoms with Gasteiger partial charge in [-0.15, -0.1) is 0 Å². The second-order valence-electron chi connectivity index (χ2n) is 3.26. The lowest BCUT2D eigenvalue weighted by atomic mass is 10.4. The van der Waals surface area contributed by atoms with Crippen LogP contribution in [0.1, 0.15) is 13.8 Å².